The molecule has 0 heterocycles. The first-order valence-corrected chi connectivity index (χ1v) is 8.28. The smallest absolute Gasteiger partial charge is 0.0364 e. The summed E-state index contributed by atoms with van der Waals surface area (Å²) in [4.78, 5) is 0. The maximum absolute atomic E-state index is 6.53. The minimum Gasteiger partial charge on any atom is -0.123 e. The van der Waals surface area contributed by atoms with Crippen molar-refractivity contribution in [3.8, 4) is 0 Å². The second-order valence-corrected chi connectivity index (χ2v) is 7.03. The Morgan fingerprint density at radius 1 is 1.16 bits per heavy atom. The predicted molar refractivity (Wildman–Crippen MR) is 84.7 cm³/mol. The van der Waals surface area contributed by atoms with Crippen LogP contribution < -0.4 is 0 Å². The van der Waals surface area contributed by atoms with E-state index < -0.39 is 0 Å². The van der Waals surface area contributed by atoms with Gasteiger partial charge in [-0.05, 0) is 61.8 Å². The van der Waals surface area contributed by atoms with E-state index in [-0.39, 0.29) is 0 Å². The Balaban J connectivity index is 1.77. The number of aryl methyl sites for hydroxylation is 1. The number of hydrogen-bond acceptors (Lipinski definition) is 0. The van der Waals surface area contributed by atoms with Crippen LogP contribution in [0.4, 0.5) is 0 Å². The van der Waals surface area contributed by atoms with Gasteiger partial charge in [0, 0.05) is 5.38 Å². The molecule has 19 heavy (non-hydrogen) atoms. The molecule has 0 saturated heterocycles. The molecule has 0 amide bonds. The van der Waals surface area contributed by atoms with Crippen LogP contribution in [0.1, 0.15) is 51.5 Å². The molecule has 2 rings (SSSR count). The molecule has 106 valence electrons. The summed E-state index contributed by atoms with van der Waals surface area (Å²) in [5.41, 5.74) is 1.46. The third-order valence-corrected chi connectivity index (χ3v) is 5.33. The van der Waals surface area contributed by atoms with Gasteiger partial charge >= 0.3 is 0 Å². The van der Waals surface area contributed by atoms with Crippen molar-refractivity contribution in [3.05, 3.63) is 35.9 Å². The second-order valence-electron chi connectivity index (χ2n) is 6.47. The first-order chi connectivity index (χ1) is 9.16. The quantitative estimate of drug-likeness (QED) is 0.607. The van der Waals surface area contributed by atoms with Crippen molar-refractivity contribution in [2.24, 2.45) is 17.8 Å². The Labute approximate surface area is 123 Å². The highest BCUT2D eigenvalue weighted by atomic mass is 35.5. The third-order valence-electron chi connectivity index (χ3n) is 4.76. The molecule has 1 saturated carbocycles. The van der Waals surface area contributed by atoms with Crippen molar-refractivity contribution >= 4 is 11.6 Å². The van der Waals surface area contributed by atoms with Crippen LogP contribution in [0.25, 0.3) is 0 Å². The number of halogens is 1. The van der Waals surface area contributed by atoms with Crippen LogP contribution in [0.3, 0.4) is 0 Å². The van der Waals surface area contributed by atoms with E-state index in [1.165, 1.54) is 44.1 Å². The molecule has 1 aromatic rings. The van der Waals surface area contributed by atoms with Gasteiger partial charge in [0.1, 0.15) is 0 Å². The molecule has 0 bridgehead atoms. The van der Waals surface area contributed by atoms with E-state index in [1.807, 2.05) is 0 Å². The first kappa shape index (κ1) is 14.9. The van der Waals surface area contributed by atoms with Gasteiger partial charge in [-0.3, -0.25) is 0 Å². The van der Waals surface area contributed by atoms with E-state index in [0.717, 1.165) is 17.8 Å². The van der Waals surface area contributed by atoms with Crippen molar-refractivity contribution in [2.75, 3.05) is 0 Å². The molecule has 0 radical (unpaired) electrons. The maximum Gasteiger partial charge on any atom is 0.0364 e. The average molecular weight is 279 g/mol. The number of hydrogen-bond donors (Lipinski definition) is 0. The molecule has 1 aliphatic rings. The van der Waals surface area contributed by atoms with E-state index >= 15 is 0 Å². The Bertz CT molecular complexity index is 357. The van der Waals surface area contributed by atoms with Gasteiger partial charge in [-0.1, -0.05) is 44.2 Å². The van der Waals surface area contributed by atoms with Gasteiger partial charge in [0.2, 0.25) is 0 Å². The van der Waals surface area contributed by atoms with Crippen LogP contribution in [0.2, 0.25) is 0 Å². The van der Waals surface area contributed by atoms with Crippen molar-refractivity contribution in [1.29, 1.82) is 0 Å². The summed E-state index contributed by atoms with van der Waals surface area (Å²) in [6.45, 7) is 4.72. The average Bonchev–Trinajstić information content (AvgIpc) is 2.42. The van der Waals surface area contributed by atoms with Crippen LogP contribution in [0, 0.1) is 17.8 Å². The van der Waals surface area contributed by atoms with Crippen molar-refractivity contribution in [1.82, 2.24) is 0 Å². The highest BCUT2D eigenvalue weighted by Gasteiger charge is 2.29. The van der Waals surface area contributed by atoms with Gasteiger partial charge in [-0.15, -0.1) is 11.6 Å². The zero-order valence-electron chi connectivity index (χ0n) is 12.3. The lowest BCUT2D eigenvalue weighted by molar-refractivity contribution is 0.209. The molecule has 0 nitrogen and oxygen atoms in total. The normalized spacial score (nSPS) is 27.7. The lowest BCUT2D eigenvalue weighted by Gasteiger charge is -2.35. The molecule has 0 spiro atoms. The summed E-state index contributed by atoms with van der Waals surface area (Å²) < 4.78 is 0. The Morgan fingerprint density at radius 3 is 2.58 bits per heavy atom. The van der Waals surface area contributed by atoms with E-state index in [1.54, 1.807) is 0 Å². The molecule has 1 aromatic carbocycles. The third kappa shape index (κ3) is 4.53. The fraction of sp³-hybridized carbons (Fsp3) is 0.667. The fourth-order valence-corrected chi connectivity index (χ4v) is 3.74. The number of alkyl halides is 1. The Kier molecular flexibility index (Phi) is 5.76. The molecule has 0 aliphatic heterocycles. The summed E-state index contributed by atoms with van der Waals surface area (Å²) in [7, 11) is 0. The molecule has 0 aromatic heterocycles. The zero-order chi connectivity index (χ0) is 13.7. The summed E-state index contributed by atoms with van der Waals surface area (Å²) in [6.07, 6.45) is 7.68. The molecule has 3 atom stereocenters. The fourth-order valence-electron chi connectivity index (χ4n) is 3.38. The lowest BCUT2D eigenvalue weighted by atomic mass is 9.74. The van der Waals surface area contributed by atoms with Gasteiger partial charge in [0.25, 0.3) is 0 Å². The maximum atomic E-state index is 6.53. The molecule has 1 heteroatoms. The van der Waals surface area contributed by atoms with Gasteiger partial charge in [0.15, 0.2) is 0 Å². The van der Waals surface area contributed by atoms with Gasteiger partial charge < -0.3 is 0 Å². The van der Waals surface area contributed by atoms with E-state index in [2.05, 4.69) is 44.2 Å². The monoisotopic (exact) mass is 278 g/mol. The van der Waals surface area contributed by atoms with Gasteiger partial charge in [-0.25, -0.2) is 0 Å². The van der Waals surface area contributed by atoms with Crippen molar-refractivity contribution < 1.29 is 0 Å². The number of rotatable bonds is 5. The molecular formula is C18H27Cl. The highest BCUT2D eigenvalue weighted by molar-refractivity contribution is 6.20. The lowest BCUT2D eigenvalue weighted by Crippen LogP contribution is -2.28. The number of benzene rings is 1. The summed E-state index contributed by atoms with van der Waals surface area (Å²) >= 11 is 6.53. The van der Waals surface area contributed by atoms with Crippen LogP contribution in [-0.4, -0.2) is 5.38 Å². The van der Waals surface area contributed by atoms with E-state index in [4.69, 9.17) is 11.6 Å². The molecule has 0 N–H and O–H groups in total. The van der Waals surface area contributed by atoms with Crippen molar-refractivity contribution in [2.45, 2.75) is 57.7 Å². The van der Waals surface area contributed by atoms with Crippen LogP contribution in [0.5, 0.6) is 0 Å². The Hall–Kier alpha value is -0.490. The standard InChI is InChI=1S/C18H27Cl/c1-14(2)16-11-12-18(19)17(13-16)10-6-9-15-7-4-3-5-8-15/h3-5,7-8,14,16-18H,6,9-13H2,1-2H3. The minimum absolute atomic E-state index is 0.422. The largest absolute Gasteiger partial charge is 0.123 e. The predicted octanol–water partition coefficient (Wildman–Crippen LogP) is 5.69. The summed E-state index contributed by atoms with van der Waals surface area (Å²) in [5.74, 6) is 2.46. The van der Waals surface area contributed by atoms with E-state index in [0.29, 0.717) is 5.38 Å². The topological polar surface area (TPSA) is 0 Å². The van der Waals surface area contributed by atoms with Gasteiger partial charge in [-0.2, -0.15) is 0 Å². The van der Waals surface area contributed by atoms with E-state index in [9.17, 15) is 0 Å². The zero-order valence-corrected chi connectivity index (χ0v) is 13.1. The van der Waals surface area contributed by atoms with Crippen LogP contribution in [0.15, 0.2) is 30.3 Å². The van der Waals surface area contributed by atoms with Crippen molar-refractivity contribution in [3.63, 3.8) is 0 Å². The van der Waals surface area contributed by atoms with Gasteiger partial charge in [0.05, 0.1) is 0 Å². The minimum atomic E-state index is 0.422. The highest BCUT2D eigenvalue weighted by Crippen LogP contribution is 2.38. The summed E-state index contributed by atoms with van der Waals surface area (Å²) in [6, 6.07) is 10.8. The molecule has 3 unspecified atom stereocenters. The molecular weight excluding hydrogens is 252 g/mol. The second kappa shape index (κ2) is 7.33. The van der Waals surface area contributed by atoms with Crippen LogP contribution in [-0.2, 0) is 6.42 Å². The first-order valence-electron chi connectivity index (χ1n) is 7.85. The SMILES string of the molecule is CC(C)C1CCC(Cl)C(CCCc2ccccc2)C1. The Morgan fingerprint density at radius 2 is 1.89 bits per heavy atom. The molecule has 1 aliphatic carbocycles. The summed E-state index contributed by atoms with van der Waals surface area (Å²) in [5, 5.41) is 0.422. The van der Waals surface area contributed by atoms with Crippen LogP contribution >= 0.6 is 11.6 Å². The molecule has 1 fully saturated rings.